The highest BCUT2D eigenvalue weighted by atomic mass is 32.1. The predicted octanol–water partition coefficient (Wildman–Crippen LogP) is 19.1. The van der Waals surface area contributed by atoms with E-state index in [9.17, 15) is 0 Å². The van der Waals surface area contributed by atoms with Crippen LogP contribution in [0.4, 0.5) is 14.3 Å². The molecule has 4 aromatic heterocycles. The molecule has 18 heteroatoms. The Morgan fingerprint density at radius 1 is 0.569 bits per heavy atom. The molecule has 0 unspecified atom stereocenters. The van der Waals surface area contributed by atoms with Gasteiger partial charge < -0.3 is 37.5 Å². The van der Waals surface area contributed by atoms with Crippen LogP contribution in [-0.4, -0.2) is 118 Å². The molecule has 4 aliphatic rings. The number of allylic oxidation sites excluding steroid dienone is 5. The lowest BCUT2D eigenvalue weighted by atomic mass is 9.63. The highest BCUT2D eigenvalue weighted by Crippen LogP contribution is 2.54. The molecule has 5 aromatic carbocycles. The van der Waals surface area contributed by atoms with E-state index < -0.39 is 14.2 Å². The van der Waals surface area contributed by atoms with Crippen LogP contribution in [0.2, 0.25) is 0 Å². The number of unbranched alkanes of at least 4 members (excludes halogenated alkanes) is 1. The third kappa shape index (κ3) is 17.0. The molecule has 13 rings (SSSR count). The number of aliphatic imine (C=N–C) groups is 2. The van der Waals surface area contributed by atoms with Gasteiger partial charge in [-0.2, -0.15) is 0 Å². The number of rotatable bonds is 22. The lowest BCUT2D eigenvalue weighted by Crippen LogP contribution is -2.45. The third-order valence-corrected chi connectivity index (χ3v) is 22.6. The van der Waals surface area contributed by atoms with Gasteiger partial charge in [0.15, 0.2) is 9.66 Å². The molecule has 0 radical (unpaired) electrons. The number of benzene rings is 5. The van der Waals surface area contributed by atoms with E-state index in [1.54, 1.807) is 43.8 Å². The van der Waals surface area contributed by atoms with Gasteiger partial charge in [-0.1, -0.05) is 148 Å². The normalized spacial score (nSPS) is 15.5. The Kier molecular flexibility index (Phi) is 23.9. The molecule has 8 heterocycles. The first kappa shape index (κ1) is 77.1. The number of hydrogen-bond acceptors (Lipinski definition) is 12. The average molecular weight is 1490 g/mol. The summed E-state index contributed by atoms with van der Waals surface area (Å²) in [5.41, 5.74) is 23.7. The van der Waals surface area contributed by atoms with E-state index in [0.717, 1.165) is 175 Å². The third-order valence-electron chi connectivity index (χ3n) is 20.5. The van der Waals surface area contributed by atoms with Crippen molar-refractivity contribution >= 4 is 80.9 Å². The van der Waals surface area contributed by atoms with E-state index in [0.29, 0.717) is 55.7 Å². The molecule has 0 saturated carbocycles. The zero-order valence-corrected chi connectivity index (χ0v) is 66.5. The second kappa shape index (κ2) is 33.8. The van der Waals surface area contributed by atoms with Crippen molar-refractivity contribution < 1.29 is 32.3 Å². The highest BCUT2D eigenvalue weighted by molar-refractivity contribution is 7.29. The van der Waals surface area contributed by atoms with Gasteiger partial charge in [0.2, 0.25) is 0 Å². The standard InChI is InChI=1S/C91H91B2F2N7O5S2/c1-15-16-49-107-85-74(58-76-84-79(85)91(11,12)42-46-100(84)45-41-90(76,9)10)39-40-75-57-60(3)81(97-75)78(83-62(5)56-65(8)102(83)93(94)95)71-33-25-67(26-34-71)20-22-69-29-37-73(38-30-69)87-99-89-88(109-87)98-86(108-89)72-35-27-68(28-36-72)21-19-66-23-31-70(32-24-66)77(80-59(2)54-63(6)96-80)82-61(4)55-64(7)101(82)92(43-17-47-105-52-50-103-13)44-18-48-106-53-51-104-14/h23-40,54-58H,15-16,41-42,45-53H2,1-14H3/b40-39+,80-77-,81-78-. The van der Waals surface area contributed by atoms with E-state index in [1.165, 1.54) is 16.8 Å². The summed E-state index contributed by atoms with van der Waals surface area (Å²) in [5.74, 6) is 27.7. The Bertz CT molecular complexity index is 5400. The van der Waals surface area contributed by atoms with Crippen LogP contribution in [0.1, 0.15) is 165 Å². The Hall–Kier alpha value is -10.1. The number of ether oxygens (including phenoxy) is 5. The molecule has 0 aliphatic carbocycles. The molecular formula is C91H91B2F2N7O5S2. The number of nitrogens with zero attached hydrogens (tertiary/aromatic N) is 7. The minimum atomic E-state index is -2.76. The molecule has 0 atom stereocenters. The van der Waals surface area contributed by atoms with Crippen molar-refractivity contribution in [1.82, 2.24) is 18.9 Å². The van der Waals surface area contributed by atoms with Crippen molar-refractivity contribution in [3.8, 4) is 74.1 Å². The summed E-state index contributed by atoms with van der Waals surface area (Å²) in [4.78, 5) is 24.8. The Morgan fingerprint density at radius 2 is 1.05 bits per heavy atom. The fourth-order valence-corrected chi connectivity index (χ4v) is 16.8. The Labute approximate surface area is 650 Å². The topological polar surface area (TPSA) is 110 Å². The molecule has 4 aliphatic heterocycles. The molecule has 109 heavy (non-hydrogen) atoms. The van der Waals surface area contributed by atoms with Crippen molar-refractivity contribution in [3.63, 3.8) is 0 Å². The maximum atomic E-state index is 15.2. The monoisotopic (exact) mass is 1490 g/mol. The number of anilines is 1. The molecule has 552 valence electrons. The van der Waals surface area contributed by atoms with Crippen LogP contribution in [0.5, 0.6) is 5.75 Å². The van der Waals surface area contributed by atoms with Gasteiger partial charge in [-0.3, -0.25) is 13.6 Å². The number of aromatic nitrogens is 4. The fraction of sp³-hybridized carbons (Fsp3) is 0.319. The highest BCUT2D eigenvalue weighted by Gasteiger charge is 2.43. The summed E-state index contributed by atoms with van der Waals surface area (Å²) in [6, 6.07) is 38.9. The van der Waals surface area contributed by atoms with E-state index in [4.69, 9.17) is 43.6 Å². The van der Waals surface area contributed by atoms with Gasteiger partial charge in [-0.15, -0.1) is 11.6 Å². The molecular weight excluding hydrogens is 1390 g/mol. The number of methoxy groups -OCH3 is 2. The largest absolute Gasteiger partial charge is 0.677 e. The van der Waals surface area contributed by atoms with Crippen LogP contribution in [0.3, 0.4) is 0 Å². The first-order chi connectivity index (χ1) is 52.6. The zero-order valence-electron chi connectivity index (χ0n) is 64.9. The number of thiazole rings is 2. The summed E-state index contributed by atoms with van der Waals surface area (Å²) >= 11 is 3.13. The van der Waals surface area contributed by atoms with Gasteiger partial charge in [0.25, 0.3) is 0 Å². The van der Waals surface area contributed by atoms with Crippen LogP contribution in [-0.2, 0) is 29.8 Å². The molecule has 12 nitrogen and oxygen atoms in total. The first-order valence-corrected chi connectivity index (χ1v) is 39.0. The average Bonchev–Trinajstić information content (AvgIpc) is 1.59. The van der Waals surface area contributed by atoms with Gasteiger partial charge in [0.1, 0.15) is 29.0 Å². The molecule has 0 saturated heterocycles. The number of fused-ring (bicyclic) bond motifs is 1. The zero-order chi connectivity index (χ0) is 76.7. The molecule has 9 aromatic rings. The van der Waals surface area contributed by atoms with Crippen molar-refractivity contribution in [2.45, 2.75) is 120 Å². The van der Waals surface area contributed by atoms with E-state index in [2.05, 4.69) is 185 Å². The SMILES string of the molecule is CCCCOc1c(/C=C/C2=NC(=C(/c3ccc(C#Cc4ccc(-c5nc6sc(-c7ccc(C#Cc8ccc(/C(=C9/N=C(C)C=C9C)c9c(C)cc(C)n9B(C#CCOCCOC)C#CCOCCOC)cc8)cc7)nc6s5)cc4)cc3)c3c(C)cc(C)n3B(F)F)/C(C)=C2)cc2c3c1C(C)(C)CCN3CCC2(C)C. The Morgan fingerprint density at radius 3 is 1.53 bits per heavy atom. The van der Waals surface area contributed by atoms with E-state index in [1.807, 2.05) is 87.5 Å². The van der Waals surface area contributed by atoms with Crippen molar-refractivity contribution in [2.24, 2.45) is 9.98 Å². The van der Waals surface area contributed by atoms with Crippen LogP contribution < -0.4 is 9.64 Å². The van der Waals surface area contributed by atoms with Gasteiger partial charge in [-0.25, -0.2) is 15.0 Å². The molecule has 0 amide bonds. The van der Waals surface area contributed by atoms with Crippen LogP contribution in [0.15, 0.2) is 166 Å². The van der Waals surface area contributed by atoms with Gasteiger partial charge in [-0.05, 0) is 209 Å². The fourth-order valence-electron chi connectivity index (χ4n) is 14.8. The van der Waals surface area contributed by atoms with Crippen LogP contribution >= 0.6 is 22.7 Å². The van der Waals surface area contributed by atoms with Crippen LogP contribution in [0, 0.1) is 74.9 Å². The summed E-state index contributed by atoms with van der Waals surface area (Å²) in [6.45, 7) is 30.2. The predicted molar refractivity (Wildman–Crippen MR) is 448 cm³/mol. The summed E-state index contributed by atoms with van der Waals surface area (Å²) < 4.78 is 62.4. The van der Waals surface area contributed by atoms with E-state index in [-0.39, 0.29) is 24.0 Å². The molecule has 0 N–H and O–H groups in total. The lowest BCUT2D eigenvalue weighted by Gasteiger charge is -2.49. The van der Waals surface area contributed by atoms with E-state index >= 15 is 8.63 Å². The first-order valence-electron chi connectivity index (χ1n) is 37.4. The molecule has 0 fully saturated rings. The van der Waals surface area contributed by atoms with Gasteiger partial charge in [0.05, 0.1) is 50.1 Å². The number of aryl methyl sites for hydroxylation is 4. The van der Waals surface area contributed by atoms with Gasteiger partial charge in [0, 0.05) is 117 Å². The maximum absolute atomic E-state index is 15.2. The molecule has 0 bridgehead atoms. The number of hydrogen-bond donors (Lipinski definition) is 0. The smallest absolute Gasteiger partial charge is 0.493 e. The van der Waals surface area contributed by atoms with Crippen LogP contribution in [0.25, 0.3) is 48.0 Å². The maximum Gasteiger partial charge on any atom is 0.677 e. The molecule has 0 spiro atoms. The van der Waals surface area contributed by atoms with Crippen molar-refractivity contribution in [1.29, 1.82) is 0 Å². The quantitative estimate of drug-likeness (QED) is 0.0375. The second-order valence-corrected chi connectivity index (χ2v) is 31.4. The summed E-state index contributed by atoms with van der Waals surface area (Å²) in [7, 11) is 0.540. The lowest BCUT2D eigenvalue weighted by molar-refractivity contribution is 0.0877. The Balaban J connectivity index is 0.697. The summed E-state index contributed by atoms with van der Waals surface area (Å²) in [5, 5.41) is 1.77. The number of halogens is 2. The second-order valence-electron chi connectivity index (χ2n) is 29.5. The van der Waals surface area contributed by atoms with Gasteiger partial charge >= 0.3 is 14.2 Å². The van der Waals surface area contributed by atoms with Crippen molar-refractivity contribution in [3.05, 3.63) is 240 Å². The van der Waals surface area contributed by atoms with Crippen molar-refractivity contribution in [2.75, 3.05) is 78.5 Å². The minimum Gasteiger partial charge on any atom is -0.493 e. The minimum absolute atomic E-state index is 0.00749. The summed E-state index contributed by atoms with van der Waals surface area (Å²) in [6.07, 6.45) is 12.5.